The van der Waals surface area contributed by atoms with Gasteiger partial charge in [0.1, 0.15) is 5.76 Å². The van der Waals surface area contributed by atoms with Gasteiger partial charge in [0.2, 0.25) is 0 Å². The van der Waals surface area contributed by atoms with Crippen LogP contribution in [0.5, 0.6) is 0 Å². The van der Waals surface area contributed by atoms with Crippen LogP contribution < -0.4 is 0 Å². The predicted octanol–water partition coefficient (Wildman–Crippen LogP) is 5.92. The van der Waals surface area contributed by atoms with E-state index >= 15 is 0 Å². The zero-order chi connectivity index (χ0) is 22.1. The summed E-state index contributed by atoms with van der Waals surface area (Å²) in [6, 6.07) is 20.7. The van der Waals surface area contributed by atoms with Crippen molar-refractivity contribution < 1.29 is 14.7 Å². The van der Waals surface area contributed by atoms with E-state index in [0.29, 0.717) is 21.2 Å². The van der Waals surface area contributed by atoms with Gasteiger partial charge in [-0.1, -0.05) is 89.4 Å². The molecule has 0 aromatic heterocycles. The Morgan fingerprint density at radius 1 is 0.935 bits per heavy atom. The Kier molecular flexibility index (Phi) is 5.86. The van der Waals surface area contributed by atoms with Gasteiger partial charge in [-0.25, -0.2) is 0 Å². The van der Waals surface area contributed by atoms with Crippen LogP contribution in [-0.2, 0) is 16.1 Å². The lowest BCUT2D eigenvalue weighted by Gasteiger charge is -2.25. The maximum Gasteiger partial charge on any atom is 0.295 e. The number of nitrogens with zero attached hydrogens (tertiary/aromatic N) is 1. The lowest BCUT2D eigenvalue weighted by atomic mass is 9.95. The molecule has 0 bridgehead atoms. The Balaban J connectivity index is 1.88. The van der Waals surface area contributed by atoms with Gasteiger partial charge in [-0.3, -0.25) is 9.59 Å². The molecule has 3 aromatic rings. The normalized spacial score (nSPS) is 17.9. The second kappa shape index (κ2) is 8.58. The molecule has 6 heteroatoms. The van der Waals surface area contributed by atoms with E-state index < -0.39 is 17.7 Å². The highest BCUT2D eigenvalue weighted by atomic mass is 35.5. The van der Waals surface area contributed by atoms with Gasteiger partial charge in [0, 0.05) is 12.1 Å². The van der Waals surface area contributed by atoms with Crippen LogP contribution in [0.1, 0.15) is 28.3 Å². The summed E-state index contributed by atoms with van der Waals surface area (Å²) in [5.74, 6) is -1.62. The van der Waals surface area contributed by atoms with Crippen LogP contribution in [-0.4, -0.2) is 21.7 Å². The number of carbonyl (C=O) groups excluding carboxylic acids is 2. The SMILES string of the molecule is Cc1ccc(/C(O)=C2\C(=O)C(=O)N(Cc3ccccc3)C2c2ccc(Cl)c(Cl)c2)cc1. The van der Waals surface area contributed by atoms with Crippen LogP contribution >= 0.6 is 23.2 Å². The van der Waals surface area contributed by atoms with E-state index in [-0.39, 0.29) is 17.9 Å². The molecule has 156 valence electrons. The molecule has 1 heterocycles. The standard InChI is InChI=1S/C25H19Cl2NO3/c1-15-7-9-17(10-8-15)23(29)21-22(18-11-12-19(26)20(27)13-18)28(25(31)24(21)30)14-16-5-3-2-4-6-16/h2-13,22,29H,14H2,1H3/b23-21+. The van der Waals surface area contributed by atoms with Gasteiger partial charge in [-0.2, -0.15) is 0 Å². The Bertz CT molecular complexity index is 1190. The number of Topliss-reactive ketones (excluding diaryl/α,β-unsaturated/α-hetero) is 1. The van der Waals surface area contributed by atoms with Gasteiger partial charge in [0.05, 0.1) is 21.7 Å². The average Bonchev–Trinajstić information content (AvgIpc) is 3.01. The Morgan fingerprint density at radius 3 is 2.26 bits per heavy atom. The number of aryl methyl sites for hydroxylation is 1. The molecule has 0 aliphatic carbocycles. The molecule has 1 aliphatic heterocycles. The Hall–Kier alpha value is -3.08. The minimum absolute atomic E-state index is 0.0307. The number of aliphatic hydroxyl groups is 1. The number of halogens is 2. The van der Waals surface area contributed by atoms with E-state index in [1.165, 1.54) is 4.90 Å². The number of ketones is 1. The summed E-state index contributed by atoms with van der Waals surface area (Å²) < 4.78 is 0. The molecule has 4 nitrogen and oxygen atoms in total. The molecule has 31 heavy (non-hydrogen) atoms. The van der Waals surface area contributed by atoms with Crippen molar-refractivity contribution in [3.05, 3.63) is 111 Å². The highest BCUT2D eigenvalue weighted by molar-refractivity contribution is 6.46. The van der Waals surface area contributed by atoms with Crippen molar-refractivity contribution in [2.24, 2.45) is 0 Å². The number of rotatable bonds is 4. The summed E-state index contributed by atoms with van der Waals surface area (Å²) in [6.07, 6.45) is 0. The average molecular weight is 452 g/mol. The zero-order valence-corrected chi connectivity index (χ0v) is 18.2. The van der Waals surface area contributed by atoms with E-state index in [9.17, 15) is 14.7 Å². The fourth-order valence-electron chi connectivity index (χ4n) is 3.72. The molecule has 1 fully saturated rings. The first-order valence-electron chi connectivity index (χ1n) is 9.71. The van der Waals surface area contributed by atoms with Gasteiger partial charge in [0.15, 0.2) is 0 Å². The molecule has 0 spiro atoms. The van der Waals surface area contributed by atoms with Crippen molar-refractivity contribution in [1.29, 1.82) is 0 Å². The molecular formula is C25H19Cl2NO3. The summed E-state index contributed by atoms with van der Waals surface area (Å²) in [7, 11) is 0. The van der Waals surface area contributed by atoms with E-state index in [2.05, 4.69) is 0 Å². The van der Waals surface area contributed by atoms with Crippen LogP contribution in [0.15, 0.2) is 78.4 Å². The van der Waals surface area contributed by atoms with Crippen molar-refractivity contribution in [1.82, 2.24) is 4.90 Å². The minimum atomic E-state index is -0.795. The first kappa shape index (κ1) is 21.2. The van der Waals surface area contributed by atoms with Crippen molar-refractivity contribution >= 4 is 40.7 Å². The molecular weight excluding hydrogens is 433 g/mol. The first-order valence-corrected chi connectivity index (χ1v) is 10.5. The highest BCUT2D eigenvalue weighted by Crippen LogP contribution is 2.41. The van der Waals surface area contributed by atoms with Crippen molar-refractivity contribution in [3.8, 4) is 0 Å². The second-order valence-electron chi connectivity index (χ2n) is 7.45. The number of hydrogen-bond donors (Lipinski definition) is 1. The number of aliphatic hydroxyl groups excluding tert-OH is 1. The quantitative estimate of drug-likeness (QED) is 0.304. The molecule has 4 rings (SSSR count). The van der Waals surface area contributed by atoms with Crippen molar-refractivity contribution in [2.45, 2.75) is 19.5 Å². The van der Waals surface area contributed by atoms with E-state index in [0.717, 1.165) is 11.1 Å². The molecule has 1 N–H and O–H groups in total. The smallest absolute Gasteiger partial charge is 0.295 e. The maximum atomic E-state index is 13.1. The van der Waals surface area contributed by atoms with Crippen LogP contribution in [0, 0.1) is 6.92 Å². The van der Waals surface area contributed by atoms with Gasteiger partial charge < -0.3 is 10.0 Å². The van der Waals surface area contributed by atoms with Gasteiger partial charge in [0.25, 0.3) is 11.7 Å². The summed E-state index contributed by atoms with van der Waals surface area (Å²) >= 11 is 12.3. The molecule has 0 radical (unpaired) electrons. The fourth-order valence-corrected chi connectivity index (χ4v) is 4.03. The largest absolute Gasteiger partial charge is 0.507 e. The summed E-state index contributed by atoms with van der Waals surface area (Å²) in [6.45, 7) is 2.14. The third-order valence-electron chi connectivity index (χ3n) is 5.32. The molecule has 1 aliphatic rings. The van der Waals surface area contributed by atoms with E-state index in [1.54, 1.807) is 30.3 Å². The summed E-state index contributed by atoms with van der Waals surface area (Å²) in [5.41, 5.74) is 2.97. The molecule has 1 amide bonds. The van der Waals surface area contributed by atoms with Crippen LogP contribution in [0.2, 0.25) is 10.0 Å². The molecule has 0 saturated carbocycles. The topological polar surface area (TPSA) is 57.6 Å². The van der Waals surface area contributed by atoms with Crippen LogP contribution in [0.3, 0.4) is 0 Å². The number of benzene rings is 3. The molecule has 1 saturated heterocycles. The minimum Gasteiger partial charge on any atom is -0.507 e. The van der Waals surface area contributed by atoms with E-state index in [1.807, 2.05) is 49.4 Å². The van der Waals surface area contributed by atoms with Crippen molar-refractivity contribution in [2.75, 3.05) is 0 Å². The molecule has 1 atom stereocenters. The number of amides is 1. The predicted molar refractivity (Wildman–Crippen MR) is 122 cm³/mol. The van der Waals surface area contributed by atoms with Crippen molar-refractivity contribution in [3.63, 3.8) is 0 Å². The third kappa shape index (κ3) is 4.09. The van der Waals surface area contributed by atoms with Crippen LogP contribution in [0.4, 0.5) is 0 Å². The van der Waals surface area contributed by atoms with Gasteiger partial charge in [-0.05, 0) is 30.2 Å². The van der Waals surface area contributed by atoms with Crippen LogP contribution in [0.25, 0.3) is 5.76 Å². The molecule has 1 unspecified atom stereocenters. The number of hydrogen-bond acceptors (Lipinski definition) is 3. The first-order chi connectivity index (χ1) is 14.9. The number of carbonyl (C=O) groups is 2. The van der Waals surface area contributed by atoms with E-state index in [4.69, 9.17) is 23.2 Å². The fraction of sp³-hybridized carbons (Fsp3) is 0.120. The number of likely N-dealkylation sites (tertiary alicyclic amines) is 1. The Labute approximate surface area is 190 Å². The summed E-state index contributed by atoms with van der Waals surface area (Å²) in [5, 5.41) is 11.7. The monoisotopic (exact) mass is 451 g/mol. The molecule has 3 aromatic carbocycles. The lowest BCUT2D eigenvalue weighted by Crippen LogP contribution is -2.29. The third-order valence-corrected chi connectivity index (χ3v) is 6.06. The maximum absolute atomic E-state index is 13.1. The second-order valence-corrected chi connectivity index (χ2v) is 8.27. The zero-order valence-electron chi connectivity index (χ0n) is 16.7. The summed E-state index contributed by atoms with van der Waals surface area (Å²) in [4.78, 5) is 27.5. The lowest BCUT2D eigenvalue weighted by molar-refractivity contribution is -0.140. The van der Waals surface area contributed by atoms with Gasteiger partial charge in [-0.15, -0.1) is 0 Å². The van der Waals surface area contributed by atoms with Gasteiger partial charge >= 0.3 is 0 Å². The Morgan fingerprint density at radius 2 is 1.61 bits per heavy atom. The highest BCUT2D eigenvalue weighted by Gasteiger charge is 2.46.